The van der Waals surface area contributed by atoms with Gasteiger partial charge in [0.1, 0.15) is 5.82 Å². The number of nitrogens with two attached hydrogens (primary N) is 1. The summed E-state index contributed by atoms with van der Waals surface area (Å²) in [6.45, 7) is 0. The van der Waals surface area contributed by atoms with E-state index in [9.17, 15) is 9.18 Å². The number of benzene rings is 1. The van der Waals surface area contributed by atoms with Crippen LogP contribution in [0, 0.1) is 5.82 Å². The van der Waals surface area contributed by atoms with E-state index in [2.05, 4.69) is 4.74 Å². The number of thioether (sulfide) groups is 1. The van der Waals surface area contributed by atoms with Crippen LogP contribution < -0.4 is 5.73 Å². The second-order valence-corrected chi connectivity index (χ2v) is 3.64. The van der Waals surface area contributed by atoms with Gasteiger partial charge in [-0.15, -0.1) is 0 Å². The molecule has 0 aromatic heterocycles. The van der Waals surface area contributed by atoms with Gasteiger partial charge in [-0.25, -0.2) is 9.18 Å². The number of halogens is 1. The van der Waals surface area contributed by atoms with E-state index in [-0.39, 0.29) is 0 Å². The molecule has 3 nitrogen and oxygen atoms in total. The summed E-state index contributed by atoms with van der Waals surface area (Å²) in [5, 5.41) is 1.51. The van der Waals surface area contributed by atoms with Crippen molar-refractivity contribution >= 4 is 23.4 Å². The topological polar surface area (TPSA) is 52.3 Å². The molecule has 0 aliphatic carbocycles. The second-order valence-electron chi connectivity index (χ2n) is 2.66. The van der Waals surface area contributed by atoms with Gasteiger partial charge < -0.3 is 10.5 Å². The smallest absolute Gasteiger partial charge is 0.330 e. The lowest BCUT2D eigenvalue weighted by Crippen LogP contribution is -1.92. The molecular formula is C10H10FNO2S. The third-order valence-electron chi connectivity index (χ3n) is 1.50. The van der Waals surface area contributed by atoms with Gasteiger partial charge in [0.15, 0.2) is 0 Å². The summed E-state index contributed by atoms with van der Waals surface area (Å²) >= 11 is 1.19. The van der Waals surface area contributed by atoms with E-state index in [1.165, 1.54) is 42.5 Å². The Balaban J connectivity index is 2.65. The molecule has 0 spiro atoms. The quantitative estimate of drug-likeness (QED) is 0.372. The Morgan fingerprint density at radius 2 is 2.27 bits per heavy atom. The van der Waals surface area contributed by atoms with Crippen molar-refractivity contribution in [3.63, 3.8) is 0 Å². The lowest BCUT2D eigenvalue weighted by atomic mass is 10.3. The lowest BCUT2D eigenvalue weighted by Gasteiger charge is -1.98. The van der Waals surface area contributed by atoms with Gasteiger partial charge in [0.25, 0.3) is 0 Å². The van der Waals surface area contributed by atoms with Crippen LogP contribution in [0.5, 0.6) is 0 Å². The number of hydrogen-bond acceptors (Lipinski definition) is 4. The summed E-state index contributed by atoms with van der Waals surface area (Å²) in [4.78, 5) is 11.3. The maximum Gasteiger partial charge on any atom is 0.330 e. The van der Waals surface area contributed by atoms with E-state index >= 15 is 0 Å². The monoisotopic (exact) mass is 227 g/mol. The molecule has 1 aromatic carbocycles. The highest BCUT2D eigenvalue weighted by atomic mass is 32.2. The first-order chi connectivity index (χ1) is 7.11. The van der Waals surface area contributed by atoms with Gasteiger partial charge in [0, 0.05) is 16.7 Å². The summed E-state index contributed by atoms with van der Waals surface area (Å²) in [7, 11) is 1.29. The third kappa shape index (κ3) is 4.03. The fraction of sp³-hybridized carbons (Fsp3) is 0.100. The first kappa shape index (κ1) is 11.6. The average molecular weight is 227 g/mol. The van der Waals surface area contributed by atoms with Gasteiger partial charge in [0.2, 0.25) is 0 Å². The number of anilines is 1. The highest BCUT2D eigenvalue weighted by Crippen LogP contribution is 2.22. The molecule has 5 heteroatoms. The van der Waals surface area contributed by atoms with Crippen LogP contribution in [0.1, 0.15) is 0 Å². The molecule has 0 aliphatic rings. The molecule has 15 heavy (non-hydrogen) atoms. The van der Waals surface area contributed by atoms with Crippen molar-refractivity contribution < 1.29 is 13.9 Å². The summed E-state index contributed by atoms with van der Waals surface area (Å²) < 4.78 is 17.3. The van der Waals surface area contributed by atoms with E-state index in [1.807, 2.05) is 0 Å². The largest absolute Gasteiger partial charge is 0.466 e. The van der Waals surface area contributed by atoms with Gasteiger partial charge in [-0.05, 0) is 23.6 Å². The summed E-state index contributed by atoms with van der Waals surface area (Å²) in [6.07, 6.45) is 1.26. The van der Waals surface area contributed by atoms with E-state index in [4.69, 9.17) is 5.73 Å². The van der Waals surface area contributed by atoms with Gasteiger partial charge in [0.05, 0.1) is 7.11 Å². The molecule has 0 saturated carbocycles. The Bertz CT molecular complexity index is 373. The summed E-state index contributed by atoms with van der Waals surface area (Å²) in [5.74, 6) is -0.851. The van der Waals surface area contributed by atoms with Gasteiger partial charge in [-0.2, -0.15) is 0 Å². The van der Waals surface area contributed by atoms with Crippen LogP contribution in [0.25, 0.3) is 0 Å². The highest BCUT2D eigenvalue weighted by Gasteiger charge is 1.98. The van der Waals surface area contributed by atoms with Gasteiger partial charge >= 0.3 is 5.97 Å². The second kappa shape index (κ2) is 5.41. The van der Waals surface area contributed by atoms with Gasteiger partial charge in [-0.3, -0.25) is 0 Å². The maximum atomic E-state index is 12.9. The Morgan fingerprint density at radius 1 is 1.53 bits per heavy atom. The van der Waals surface area contributed by atoms with E-state index < -0.39 is 11.8 Å². The Morgan fingerprint density at radius 3 is 2.87 bits per heavy atom. The molecule has 0 unspecified atom stereocenters. The minimum Gasteiger partial charge on any atom is -0.466 e. The maximum absolute atomic E-state index is 12.9. The molecule has 80 valence electrons. The van der Waals surface area contributed by atoms with Crippen molar-refractivity contribution in [2.24, 2.45) is 0 Å². The van der Waals surface area contributed by atoms with Crippen molar-refractivity contribution in [1.82, 2.24) is 0 Å². The molecule has 1 aromatic rings. The summed E-state index contributed by atoms with van der Waals surface area (Å²) in [6, 6.07) is 4.19. The standard InChI is InChI=1S/C10H10FNO2S/c1-14-10(13)2-3-15-9-5-7(11)4-8(12)6-9/h2-6H,12H2,1H3. The van der Waals surface area contributed by atoms with Crippen LogP contribution in [0.2, 0.25) is 0 Å². The highest BCUT2D eigenvalue weighted by molar-refractivity contribution is 8.02. The molecule has 1 rings (SSSR count). The molecule has 0 amide bonds. The zero-order valence-corrected chi connectivity index (χ0v) is 8.88. The van der Waals surface area contributed by atoms with Crippen LogP contribution in [0.3, 0.4) is 0 Å². The van der Waals surface area contributed by atoms with Crippen LogP contribution in [0.4, 0.5) is 10.1 Å². The minimum atomic E-state index is -0.452. The number of esters is 1. The molecule has 0 aliphatic heterocycles. The fourth-order valence-corrected chi connectivity index (χ4v) is 1.61. The molecule has 0 heterocycles. The van der Waals surface area contributed by atoms with Crippen LogP contribution in [-0.4, -0.2) is 13.1 Å². The number of carbonyl (C=O) groups excluding carboxylic acids is 1. The number of nitrogen functional groups attached to an aromatic ring is 1. The van der Waals surface area contributed by atoms with Crippen molar-refractivity contribution in [3.05, 3.63) is 35.5 Å². The normalized spacial score (nSPS) is 10.5. The first-order valence-electron chi connectivity index (χ1n) is 4.09. The number of ether oxygens (including phenoxy) is 1. The first-order valence-corrected chi connectivity index (χ1v) is 4.97. The van der Waals surface area contributed by atoms with Crippen LogP contribution in [-0.2, 0) is 9.53 Å². The Kier molecular flexibility index (Phi) is 4.17. The number of methoxy groups -OCH3 is 1. The Hall–Kier alpha value is -1.49. The molecule has 2 N–H and O–H groups in total. The van der Waals surface area contributed by atoms with Crippen molar-refractivity contribution in [3.8, 4) is 0 Å². The molecular weight excluding hydrogens is 217 g/mol. The zero-order chi connectivity index (χ0) is 11.3. The van der Waals surface area contributed by atoms with Crippen LogP contribution >= 0.6 is 11.8 Å². The van der Waals surface area contributed by atoms with Gasteiger partial charge in [-0.1, -0.05) is 11.8 Å². The molecule has 0 bridgehead atoms. The zero-order valence-electron chi connectivity index (χ0n) is 8.07. The number of rotatable bonds is 3. The molecule has 0 saturated heterocycles. The van der Waals surface area contributed by atoms with Crippen LogP contribution in [0.15, 0.2) is 34.6 Å². The lowest BCUT2D eigenvalue weighted by molar-refractivity contribution is -0.134. The predicted molar refractivity (Wildman–Crippen MR) is 57.8 cm³/mol. The van der Waals surface area contributed by atoms with E-state index in [0.29, 0.717) is 10.6 Å². The molecule has 0 radical (unpaired) electrons. The number of hydrogen-bond donors (Lipinski definition) is 1. The Labute approximate surface area is 91.1 Å². The summed E-state index contributed by atoms with van der Waals surface area (Å²) in [5.41, 5.74) is 5.80. The van der Waals surface area contributed by atoms with E-state index in [1.54, 1.807) is 6.07 Å². The van der Waals surface area contributed by atoms with E-state index in [0.717, 1.165) is 0 Å². The third-order valence-corrected chi connectivity index (χ3v) is 2.28. The van der Waals surface area contributed by atoms with Crippen molar-refractivity contribution in [1.29, 1.82) is 0 Å². The minimum absolute atomic E-state index is 0.351. The number of carbonyl (C=O) groups is 1. The molecule has 0 fully saturated rings. The predicted octanol–water partition coefficient (Wildman–Crippen LogP) is 2.19. The SMILES string of the molecule is COC(=O)C=CSc1cc(N)cc(F)c1. The molecule has 0 atom stereocenters. The van der Waals surface area contributed by atoms with Crippen molar-refractivity contribution in [2.75, 3.05) is 12.8 Å². The average Bonchev–Trinajstić information content (AvgIpc) is 2.16. The fourth-order valence-electron chi connectivity index (χ4n) is 0.889. The van der Waals surface area contributed by atoms with Crippen molar-refractivity contribution in [2.45, 2.75) is 4.90 Å².